The third kappa shape index (κ3) is 17.9. The van der Waals surface area contributed by atoms with Gasteiger partial charge in [0.1, 0.15) is 42.0 Å². The zero-order valence-electron chi connectivity index (χ0n) is 35.7. The molecule has 60 heavy (non-hydrogen) atoms. The molecule has 1 aromatic rings. The molecule has 7 amide bonds. The van der Waals surface area contributed by atoms with Crippen molar-refractivity contribution in [2.75, 3.05) is 19.6 Å². The summed E-state index contributed by atoms with van der Waals surface area (Å²) in [4.78, 5) is 105. The van der Waals surface area contributed by atoms with Gasteiger partial charge in [0, 0.05) is 6.42 Å². The van der Waals surface area contributed by atoms with Gasteiger partial charge >= 0.3 is 5.97 Å². The molecule has 0 aromatic heterocycles. The monoisotopic (exact) mass is 849 g/mol. The van der Waals surface area contributed by atoms with Crippen molar-refractivity contribution in [1.82, 2.24) is 37.2 Å². The first-order valence-electron chi connectivity index (χ1n) is 20.4. The Labute approximate surface area is 351 Å². The number of phenolic OH excluding ortho intramolecular Hbond substituents is 1. The molecule has 1 rings (SSSR count). The maximum absolute atomic E-state index is 13.7. The molecule has 0 aliphatic rings. The Balaban J connectivity index is 3.27. The summed E-state index contributed by atoms with van der Waals surface area (Å²) in [7, 11) is 0. The van der Waals surface area contributed by atoms with Crippen molar-refractivity contribution in [3.8, 4) is 5.75 Å². The van der Waals surface area contributed by atoms with Gasteiger partial charge in [0.2, 0.25) is 41.4 Å². The summed E-state index contributed by atoms with van der Waals surface area (Å²) in [5, 5.41) is 47.7. The molecule has 0 unspecified atom stereocenters. The summed E-state index contributed by atoms with van der Waals surface area (Å²) in [6.45, 7) is 10.8. The molecule has 0 fully saturated rings. The van der Waals surface area contributed by atoms with Crippen LogP contribution in [0.2, 0.25) is 0 Å². The second-order valence-corrected chi connectivity index (χ2v) is 15.4. The molecular weight excluding hydrogens is 782 g/mol. The molecule has 0 bridgehead atoms. The number of carbonyl (C=O) groups excluding carboxylic acids is 7. The normalized spacial score (nSPS) is 15.7. The van der Waals surface area contributed by atoms with E-state index < -0.39 is 108 Å². The van der Waals surface area contributed by atoms with Gasteiger partial charge in [-0.2, -0.15) is 0 Å². The number of aromatic hydroxyl groups is 1. The minimum Gasteiger partial charge on any atom is -0.508 e. The van der Waals surface area contributed by atoms with Gasteiger partial charge in [-0.1, -0.05) is 66.5 Å². The second-order valence-electron chi connectivity index (χ2n) is 15.4. The van der Waals surface area contributed by atoms with Crippen LogP contribution >= 0.6 is 0 Å². The van der Waals surface area contributed by atoms with Crippen LogP contribution in [-0.4, -0.2) is 125 Å². The molecule has 0 saturated carbocycles. The van der Waals surface area contributed by atoms with Crippen LogP contribution in [0, 0.1) is 17.8 Å². The first-order valence-corrected chi connectivity index (χ1v) is 20.4. The third-order valence-electron chi connectivity index (χ3n) is 10.1. The van der Waals surface area contributed by atoms with Crippen LogP contribution in [0.5, 0.6) is 5.75 Å². The number of benzene rings is 1. The Bertz CT molecular complexity index is 1590. The van der Waals surface area contributed by atoms with Crippen molar-refractivity contribution in [3.05, 3.63) is 29.8 Å². The summed E-state index contributed by atoms with van der Waals surface area (Å²) in [5.74, 6) is -8.02. The van der Waals surface area contributed by atoms with Gasteiger partial charge in [-0.3, -0.25) is 33.6 Å². The lowest BCUT2D eigenvalue weighted by Crippen LogP contribution is -2.62. The fourth-order valence-electron chi connectivity index (χ4n) is 5.93. The van der Waals surface area contributed by atoms with Crippen LogP contribution in [0.3, 0.4) is 0 Å². The van der Waals surface area contributed by atoms with Crippen LogP contribution in [0.1, 0.15) is 86.1 Å². The van der Waals surface area contributed by atoms with E-state index in [0.717, 1.165) is 0 Å². The highest BCUT2D eigenvalue weighted by Crippen LogP contribution is 2.14. The number of aliphatic hydroxyl groups is 1. The predicted molar refractivity (Wildman–Crippen MR) is 221 cm³/mol. The zero-order chi connectivity index (χ0) is 45.7. The van der Waals surface area contributed by atoms with Crippen LogP contribution in [-0.2, 0) is 44.8 Å². The number of hydrogen-bond donors (Lipinski definition) is 12. The SMILES string of the molecule is CC[C@H](C)[C@H](NC(=O)[C@H](CCCCN)NC(=O)CNC(=O)[C@H](Cc1ccc(O)cc1)NC(=O)[C@@H](NC(=O)[C@@H](NC(=O)[C@@H](NC(=O)CN)[C@@H](C)CC)C(C)C)[C@@H](C)O)C(=O)O. The molecule has 14 N–H and O–H groups in total. The number of carbonyl (C=O) groups is 8. The fraction of sp³-hybridized carbons (Fsp3) is 0.650. The lowest BCUT2D eigenvalue weighted by molar-refractivity contribution is -0.143. The van der Waals surface area contributed by atoms with Crippen molar-refractivity contribution < 1.29 is 53.7 Å². The third-order valence-corrected chi connectivity index (χ3v) is 10.1. The number of hydrogen-bond acceptors (Lipinski definition) is 12. The van der Waals surface area contributed by atoms with E-state index >= 15 is 0 Å². The first-order chi connectivity index (χ1) is 28.2. The minimum absolute atomic E-state index is 0.0646. The number of nitrogens with two attached hydrogens (primary N) is 2. The molecular formula is C40H67N9O11. The van der Waals surface area contributed by atoms with E-state index in [1.165, 1.54) is 31.2 Å². The van der Waals surface area contributed by atoms with Crippen LogP contribution in [0.4, 0.5) is 0 Å². The van der Waals surface area contributed by atoms with E-state index in [0.29, 0.717) is 37.8 Å². The molecule has 1 aromatic carbocycles. The Morgan fingerprint density at radius 2 is 1.15 bits per heavy atom. The lowest BCUT2D eigenvalue weighted by atomic mass is 9.96. The molecule has 0 aliphatic heterocycles. The number of phenols is 1. The number of aliphatic carboxylic acids is 1. The smallest absolute Gasteiger partial charge is 0.326 e. The lowest BCUT2D eigenvalue weighted by Gasteiger charge is -2.30. The number of carboxylic acids is 1. The zero-order valence-corrected chi connectivity index (χ0v) is 35.7. The number of rotatable bonds is 27. The average Bonchev–Trinajstić information content (AvgIpc) is 3.20. The molecule has 9 atom stereocenters. The van der Waals surface area contributed by atoms with Crippen molar-refractivity contribution >= 4 is 47.3 Å². The van der Waals surface area contributed by atoms with E-state index in [1.54, 1.807) is 34.6 Å². The number of carboxylic acid groups (broad SMARTS) is 1. The summed E-state index contributed by atoms with van der Waals surface area (Å²) in [6, 6.07) is -1.95. The summed E-state index contributed by atoms with van der Waals surface area (Å²) < 4.78 is 0. The van der Waals surface area contributed by atoms with Gasteiger partial charge in [0.25, 0.3) is 0 Å². The van der Waals surface area contributed by atoms with Gasteiger partial charge in [0.05, 0.1) is 19.2 Å². The molecule has 20 heteroatoms. The number of amides is 7. The first kappa shape index (κ1) is 52.7. The molecule has 20 nitrogen and oxygen atoms in total. The summed E-state index contributed by atoms with van der Waals surface area (Å²) in [6.07, 6.45) is 0.374. The van der Waals surface area contributed by atoms with E-state index in [4.69, 9.17) is 11.5 Å². The van der Waals surface area contributed by atoms with Crippen molar-refractivity contribution in [1.29, 1.82) is 0 Å². The number of aliphatic hydroxyl groups excluding tert-OH is 1. The van der Waals surface area contributed by atoms with Gasteiger partial charge in [-0.05, 0) is 68.2 Å². The largest absolute Gasteiger partial charge is 0.508 e. The fourth-order valence-corrected chi connectivity index (χ4v) is 5.93. The number of nitrogens with one attached hydrogen (secondary N) is 7. The Kier molecular flexibility index (Phi) is 23.4. The standard InChI is InChI=1S/C40H67N9O11/c1-8-22(5)32(46-29(52)19-42)38(57)47-31(21(3)4)37(56)49-34(24(7)50)39(58)45-28(18-25-13-15-26(51)16-14-25)35(54)43-20-30(53)44-27(12-10-11-17-41)36(55)48-33(40(59)60)23(6)9-2/h13-16,21-24,27-28,31-34,50-51H,8-12,17-20,41-42H2,1-7H3,(H,43,54)(H,44,53)(H,45,58)(H,46,52)(H,47,57)(H,48,55)(H,49,56)(H,59,60)/t22-,23-,24+,27-,28-,31-,32-,33-,34-/m0/s1. The molecule has 0 heterocycles. The van der Waals surface area contributed by atoms with E-state index in [1.807, 2.05) is 6.92 Å². The topological polar surface area (TPSA) is 334 Å². The highest BCUT2D eigenvalue weighted by Gasteiger charge is 2.36. The maximum atomic E-state index is 13.7. The molecule has 0 radical (unpaired) electrons. The van der Waals surface area contributed by atoms with Gasteiger partial charge < -0.3 is 64.0 Å². The Morgan fingerprint density at radius 3 is 1.67 bits per heavy atom. The van der Waals surface area contributed by atoms with E-state index in [9.17, 15) is 53.7 Å². The molecule has 0 saturated heterocycles. The van der Waals surface area contributed by atoms with Gasteiger partial charge in [-0.15, -0.1) is 0 Å². The highest BCUT2D eigenvalue weighted by atomic mass is 16.4. The van der Waals surface area contributed by atoms with Crippen molar-refractivity contribution in [2.45, 2.75) is 129 Å². The molecule has 338 valence electrons. The highest BCUT2D eigenvalue weighted by molar-refractivity contribution is 5.97. The predicted octanol–water partition coefficient (Wildman–Crippen LogP) is -1.74. The van der Waals surface area contributed by atoms with Gasteiger partial charge in [-0.25, -0.2) is 4.79 Å². The number of unbranched alkanes of at least 4 members (excludes halogenated alkanes) is 1. The van der Waals surface area contributed by atoms with Crippen LogP contribution in [0.15, 0.2) is 24.3 Å². The molecule has 0 spiro atoms. The van der Waals surface area contributed by atoms with Gasteiger partial charge in [0.15, 0.2) is 0 Å². The van der Waals surface area contributed by atoms with Crippen LogP contribution in [0.25, 0.3) is 0 Å². The molecule has 0 aliphatic carbocycles. The quantitative estimate of drug-likeness (QED) is 0.0438. The average molecular weight is 850 g/mol. The second kappa shape index (κ2) is 26.7. The Morgan fingerprint density at radius 1 is 0.617 bits per heavy atom. The summed E-state index contributed by atoms with van der Waals surface area (Å²) >= 11 is 0. The van der Waals surface area contributed by atoms with Crippen molar-refractivity contribution in [2.24, 2.45) is 29.2 Å². The van der Waals surface area contributed by atoms with Crippen LogP contribution < -0.4 is 48.7 Å². The minimum atomic E-state index is -1.64. The van der Waals surface area contributed by atoms with E-state index in [-0.39, 0.29) is 31.1 Å². The summed E-state index contributed by atoms with van der Waals surface area (Å²) in [5.41, 5.74) is 11.5. The van der Waals surface area contributed by atoms with Crippen molar-refractivity contribution in [3.63, 3.8) is 0 Å². The van der Waals surface area contributed by atoms with E-state index in [2.05, 4.69) is 37.2 Å². The Hall–Kier alpha value is -5.34. The maximum Gasteiger partial charge on any atom is 0.326 e.